The first-order chi connectivity index (χ1) is 9.15. The van der Waals surface area contributed by atoms with Crippen LogP contribution >= 0.6 is 0 Å². The lowest BCUT2D eigenvalue weighted by Gasteiger charge is -2.38. The minimum absolute atomic E-state index is 0.120. The quantitative estimate of drug-likeness (QED) is 0.905. The third kappa shape index (κ3) is 3.25. The summed E-state index contributed by atoms with van der Waals surface area (Å²) in [6.07, 6.45) is 2.24. The van der Waals surface area contributed by atoms with Crippen LogP contribution in [0.2, 0.25) is 0 Å². The molecule has 1 aromatic rings. The van der Waals surface area contributed by atoms with Gasteiger partial charge in [0.05, 0.1) is 6.61 Å². The van der Waals surface area contributed by atoms with E-state index in [-0.39, 0.29) is 12.4 Å². The number of rotatable bonds is 4. The van der Waals surface area contributed by atoms with Gasteiger partial charge in [-0.1, -0.05) is 6.92 Å². The summed E-state index contributed by atoms with van der Waals surface area (Å²) in [6, 6.07) is 5.13. The molecule has 3 nitrogen and oxygen atoms in total. The molecule has 106 valence electrons. The van der Waals surface area contributed by atoms with Gasteiger partial charge < -0.3 is 14.9 Å². The van der Waals surface area contributed by atoms with Crippen molar-refractivity contribution in [2.45, 2.75) is 32.4 Å². The molecule has 0 aromatic heterocycles. The summed E-state index contributed by atoms with van der Waals surface area (Å²) >= 11 is 0. The van der Waals surface area contributed by atoms with Gasteiger partial charge >= 0.3 is 0 Å². The molecular formula is C15H23FN2O. The van der Waals surface area contributed by atoms with Crippen LogP contribution in [0, 0.1) is 5.82 Å². The molecule has 0 atom stereocenters. The van der Waals surface area contributed by atoms with Crippen LogP contribution in [0.5, 0.6) is 0 Å². The van der Waals surface area contributed by atoms with E-state index < -0.39 is 0 Å². The van der Waals surface area contributed by atoms with Crippen molar-refractivity contribution >= 4 is 5.69 Å². The normalized spacial score (nSPS) is 17.7. The van der Waals surface area contributed by atoms with Crippen LogP contribution in [0.15, 0.2) is 18.2 Å². The first kappa shape index (κ1) is 14.3. The Morgan fingerprint density at radius 3 is 2.63 bits per heavy atom. The molecule has 0 spiro atoms. The maximum Gasteiger partial charge on any atom is 0.123 e. The summed E-state index contributed by atoms with van der Waals surface area (Å²) in [4.78, 5) is 4.64. The molecule has 0 bridgehead atoms. The first-order valence-electron chi connectivity index (χ1n) is 7.00. The summed E-state index contributed by atoms with van der Waals surface area (Å²) in [5.41, 5.74) is 1.61. The highest BCUT2D eigenvalue weighted by Crippen LogP contribution is 2.26. The van der Waals surface area contributed by atoms with Crippen molar-refractivity contribution in [3.8, 4) is 0 Å². The van der Waals surface area contributed by atoms with Crippen molar-refractivity contribution in [3.05, 3.63) is 29.6 Å². The van der Waals surface area contributed by atoms with Crippen LogP contribution in [-0.4, -0.2) is 42.7 Å². The monoisotopic (exact) mass is 266 g/mol. The third-order valence-corrected chi connectivity index (χ3v) is 4.14. The van der Waals surface area contributed by atoms with E-state index >= 15 is 0 Å². The molecule has 4 heteroatoms. The Morgan fingerprint density at radius 1 is 1.37 bits per heavy atom. The average molecular weight is 266 g/mol. The number of hydrogen-bond acceptors (Lipinski definition) is 3. The van der Waals surface area contributed by atoms with Crippen molar-refractivity contribution in [1.29, 1.82) is 0 Å². The first-order valence-corrected chi connectivity index (χ1v) is 7.00. The second-order valence-electron chi connectivity index (χ2n) is 5.21. The Hall–Kier alpha value is -1.13. The van der Waals surface area contributed by atoms with Gasteiger partial charge in [-0.2, -0.15) is 0 Å². The molecule has 0 unspecified atom stereocenters. The molecule has 0 aliphatic carbocycles. The number of likely N-dealkylation sites (tertiary alicyclic amines) is 1. The van der Waals surface area contributed by atoms with Crippen molar-refractivity contribution in [3.63, 3.8) is 0 Å². The van der Waals surface area contributed by atoms with E-state index in [1.54, 1.807) is 6.07 Å². The lowest BCUT2D eigenvalue weighted by molar-refractivity contribution is 0.220. The molecule has 2 rings (SSSR count). The number of aliphatic hydroxyl groups is 1. The van der Waals surface area contributed by atoms with Gasteiger partial charge in [0.1, 0.15) is 5.82 Å². The highest BCUT2D eigenvalue weighted by molar-refractivity contribution is 5.53. The number of piperidine rings is 1. The van der Waals surface area contributed by atoms with E-state index in [4.69, 9.17) is 0 Å². The second-order valence-corrected chi connectivity index (χ2v) is 5.21. The number of benzene rings is 1. The van der Waals surface area contributed by atoms with Gasteiger partial charge in [-0.05, 0) is 37.6 Å². The zero-order valence-electron chi connectivity index (χ0n) is 11.8. The van der Waals surface area contributed by atoms with Gasteiger partial charge in [0.25, 0.3) is 0 Å². The molecule has 19 heavy (non-hydrogen) atoms. The number of anilines is 1. The molecular weight excluding hydrogens is 243 g/mol. The number of nitrogens with zero attached hydrogens (tertiary/aromatic N) is 2. The van der Waals surface area contributed by atoms with Gasteiger partial charge in [0.15, 0.2) is 0 Å². The summed E-state index contributed by atoms with van der Waals surface area (Å²) in [5, 5.41) is 9.37. The van der Waals surface area contributed by atoms with Crippen LogP contribution in [0.1, 0.15) is 25.3 Å². The lowest BCUT2D eigenvalue weighted by Crippen LogP contribution is -2.43. The van der Waals surface area contributed by atoms with Crippen LogP contribution in [-0.2, 0) is 6.61 Å². The Kier molecular flexibility index (Phi) is 4.77. The summed E-state index contributed by atoms with van der Waals surface area (Å²) in [7, 11) is 2.04. The van der Waals surface area contributed by atoms with Crippen molar-refractivity contribution < 1.29 is 9.50 Å². The zero-order chi connectivity index (χ0) is 13.8. The zero-order valence-corrected chi connectivity index (χ0v) is 11.8. The number of halogens is 1. The highest BCUT2D eigenvalue weighted by Gasteiger charge is 2.23. The summed E-state index contributed by atoms with van der Waals surface area (Å²) in [5.74, 6) is -0.290. The standard InChI is InChI=1S/C15H23FN2O/c1-3-18-8-6-14(7-9-18)17(2)15-5-4-13(16)10-12(15)11-19/h4-5,10,14,19H,3,6-9,11H2,1-2H3. The maximum atomic E-state index is 13.2. The Balaban J connectivity index is 2.09. The average Bonchev–Trinajstić information content (AvgIpc) is 2.46. The van der Waals surface area contributed by atoms with Crippen LogP contribution < -0.4 is 4.90 Å². The summed E-state index contributed by atoms with van der Waals surface area (Å²) < 4.78 is 13.2. The van der Waals surface area contributed by atoms with Gasteiger partial charge in [-0.25, -0.2) is 4.39 Å². The fourth-order valence-electron chi connectivity index (χ4n) is 2.84. The van der Waals surface area contributed by atoms with Gasteiger partial charge in [-0.3, -0.25) is 0 Å². The van der Waals surface area contributed by atoms with E-state index in [1.807, 2.05) is 7.05 Å². The van der Waals surface area contributed by atoms with Gasteiger partial charge in [0, 0.05) is 37.4 Å². The molecule has 0 amide bonds. The molecule has 1 aromatic carbocycles. The summed E-state index contributed by atoms with van der Waals surface area (Å²) in [6.45, 7) is 5.40. The molecule has 1 saturated heterocycles. The largest absolute Gasteiger partial charge is 0.392 e. The molecule has 1 N–H and O–H groups in total. The molecule has 0 radical (unpaired) electrons. The SMILES string of the molecule is CCN1CCC(N(C)c2ccc(F)cc2CO)CC1. The van der Waals surface area contributed by atoms with Crippen LogP contribution in [0.25, 0.3) is 0 Å². The number of hydrogen-bond donors (Lipinski definition) is 1. The topological polar surface area (TPSA) is 26.7 Å². The predicted molar refractivity (Wildman–Crippen MR) is 75.9 cm³/mol. The second kappa shape index (κ2) is 6.35. The molecule has 1 aliphatic heterocycles. The molecule has 1 aliphatic rings. The van der Waals surface area contributed by atoms with Crippen molar-refractivity contribution in [1.82, 2.24) is 4.90 Å². The predicted octanol–water partition coefficient (Wildman–Crippen LogP) is 2.24. The van der Waals surface area contributed by atoms with Crippen molar-refractivity contribution in [2.24, 2.45) is 0 Å². The van der Waals surface area contributed by atoms with Gasteiger partial charge in [0.2, 0.25) is 0 Å². The van der Waals surface area contributed by atoms with E-state index in [1.165, 1.54) is 12.1 Å². The lowest BCUT2D eigenvalue weighted by atomic mass is 10.0. The van der Waals surface area contributed by atoms with E-state index in [9.17, 15) is 9.50 Å². The van der Waals surface area contributed by atoms with E-state index in [0.717, 1.165) is 38.2 Å². The molecule has 1 fully saturated rings. The Morgan fingerprint density at radius 2 is 2.05 bits per heavy atom. The maximum absolute atomic E-state index is 13.2. The van der Waals surface area contributed by atoms with E-state index in [2.05, 4.69) is 16.7 Å². The number of aliphatic hydroxyl groups excluding tert-OH is 1. The highest BCUT2D eigenvalue weighted by atomic mass is 19.1. The Bertz CT molecular complexity index is 417. The van der Waals surface area contributed by atoms with Crippen LogP contribution in [0.4, 0.5) is 10.1 Å². The molecule has 0 saturated carbocycles. The van der Waals surface area contributed by atoms with Crippen molar-refractivity contribution in [2.75, 3.05) is 31.6 Å². The molecule has 1 heterocycles. The Labute approximate surface area is 114 Å². The minimum Gasteiger partial charge on any atom is -0.392 e. The van der Waals surface area contributed by atoms with E-state index in [0.29, 0.717) is 11.6 Å². The van der Waals surface area contributed by atoms with Crippen LogP contribution in [0.3, 0.4) is 0 Å². The fourth-order valence-corrected chi connectivity index (χ4v) is 2.84. The third-order valence-electron chi connectivity index (χ3n) is 4.14. The smallest absolute Gasteiger partial charge is 0.123 e. The minimum atomic E-state index is -0.290. The fraction of sp³-hybridized carbons (Fsp3) is 0.600. The van der Waals surface area contributed by atoms with Gasteiger partial charge in [-0.15, -0.1) is 0 Å².